The fourth-order valence-corrected chi connectivity index (χ4v) is 0.570. The fourth-order valence-electron chi connectivity index (χ4n) is 0.570. The van der Waals surface area contributed by atoms with Gasteiger partial charge in [0.05, 0.1) is 6.07 Å². The summed E-state index contributed by atoms with van der Waals surface area (Å²) in [5, 5.41) is 25.1. The molecule has 0 amide bonds. The summed E-state index contributed by atoms with van der Waals surface area (Å²) in [4.78, 5) is 0. The average Bonchev–Trinajstić information content (AvgIpc) is 1.88. The van der Waals surface area contributed by atoms with Crippen molar-refractivity contribution in [2.75, 3.05) is 13.2 Å². The van der Waals surface area contributed by atoms with E-state index in [2.05, 4.69) is 0 Å². The lowest BCUT2D eigenvalue weighted by molar-refractivity contribution is 0.186. The summed E-state index contributed by atoms with van der Waals surface area (Å²) >= 11 is 0. The molecule has 0 saturated carbocycles. The summed E-state index contributed by atoms with van der Waals surface area (Å²) in [6, 6.07) is 1.93. The van der Waals surface area contributed by atoms with Crippen LogP contribution in [0.5, 0.6) is 0 Å². The van der Waals surface area contributed by atoms with Gasteiger partial charge in [0.2, 0.25) is 0 Å². The van der Waals surface area contributed by atoms with E-state index in [0.717, 1.165) is 0 Å². The Morgan fingerprint density at radius 3 is 2.44 bits per heavy atom. The first-order chi connectivity index (χ1) is 4.35. The number of nitriles is 1. The van der Waals surface area contributed by atoms with E-state index in [-0.39, 0.29) is 19.1 Å². The second-order valence-corrected chi connectivity index (χ2v) is 1.92. The third-order valence-electron chi connectivity index (χ3n) is 1.18. The highest BCUT2D eigenvalue weighted by Crippen LogP contribution is 2.04. The molecule has 0 radical (unpaired) electrons. The number of aliphatic hydroxyl groups is 2. The zero-order chi connectivity index (χ0) is 7.11. The standard InChI is InChI=1S/C6H11NO2/c7-3-1-6(5-9)2-4-8/h6,8-9H,1-2,4-5H2. The molecule has 0 aromatic rings. The Balaban J connectivity index is 3.32. The van der Waals surface area contributed by atoms with Gasteiger partial charge >= 0.3 is 0 Å². The van der Waals surface area contributed by atoms with E-state index in [0.29, 0.717) is 12.8 Å². The Morgan fingerprint density at radius 1 is 1.44 bits per heavy atom. The second-order valence-electron chi connectivity index (χ2n) is 1.92. The molecule has 2 N–H and O–H groups in total. The highest BCUT2D eigenvalue weighted by Gasteiger charge is 2.03. The highest BCUT2D eigenvalue weighted by molar-refractivity contribution is 4.74. The van der Waals surface area contributed by atoms with Crippen molar-refractivity contribution in [1.29, 1.82) is 5.26 Å². The molecule has 0 aromatic carbocycles. The first kappa shape index (κ1) is 8.41. The molecule has 3 heteroatoms. The normalized spacial score (nSPS) is 12.6. The van der Waals surface area contributed by atoms with E-state index in [1.54, 1.807) is 0 Å². The lowest BCUT2D eigenvalue weighted by atomic mass is 10.0. The molecule has 0 fully saturated rings. The van der Waals surface area contributed by atoms with E-state index in [4.69, 9.17) is 15.5 Å². The van der Waals surface area contributed by atoms with Gasteiger partial charge in [-0.1, -0.05) is 0 Å². The lowest BCUT2D eigenvalue weighted by Gasteiger charge is -2.05. The van der Waals surface area contributed by atoms with Gasteiger partial charge in [0, 0.05) is 19.6 Å². The Bertz CT molecular complexity index is 97.7. The number of hydrogen-bond acceptors (Lipinski definition) is 3. The molecule has 0 aromatic heterocycles. The molecule has 1 atom stereocenters. The average molecular weight is 129 g/mol. The molecule has 0 aliphatic carbocycles. The summed E-state index contributed by atoms with van der Waals surface area (Å²) in [6.45, 7) is 0.0427. The maximum absolute atomic E-state index is 8.53. The molecule has 0 rings (SSSR count). The third kappa shape index (κ3) is 3.95. The first-order valence-corrected chi connectivity index (χ1v) is 2.93. The topological polar surface area (TPSA) is 64.2 Å². The van der Waals surface area contributed by atoms with Crippen LogP contribution in [0.4, 0.5) is 0 Å². The summed E-state index contributed by atoms with van der Waals surface area (Å²) in [6.07, 6.45) is 0.848. The van der Waals surface area contributed by atoms with E-state index < -0.39 is 0 Å². The lowest BCUT2D eigenvalue weighted by Crippen LogP contribution is -2.06. The van der Waals surface area contributed by atoms with Crippen LogP contribution in [0.1, 0.15) is 12.8 Å². The van der Waals surface area contributed by atoms with Crippen molar-refractivity contribution in [2.45, 2.75) is 12.8 Å². The van der Waals surface area contributed by atoms with E-state index in [1.807, 2.05) is 6.07 Å². The molecule has 0 aliphatic rings. The molecule has 1 unspecified atom stereocenters. The Labute approximate surface area is 54.5 Å². The van der Waals surface area contributed by atoms with Gasteiger partial charge in [-0.3, -0.25) is 0 Å². The largest absolute Gasteiger partial charge is 0.396 e. The predicted octanol–water partition coefficient (Wildman–Crippen LogP) is -0.109. The Morgan fingerprint density at radius 2 is 2.11 bits per heavy atom. The zero-order valence-corrected chi connectivity index (χ0v) is 5.25. The SMILES string of the molecule is N#CCC(CO)CCO. The minimum absolute atomic E-state index is 0.00583. The van der Waals surface area contributed by atoms with E-state index >= 15 is 0 Å². The van der Waals surface area contributed by atoms with Gasteiger partial charge in [-0.25, -0.2) is 0 Å². The van der Waals surface area contributed by atoms with Crippen LogP contribution >= 0.6 is 0 Å². The molecule has 0 saturated heterocycles. The summed E-state index contributed by atoms with van der Waals surface area (Å²) < 4.78 is 0. The van der Waals surface area contributed by atoms with Gasteiger partial charge in [-0.15, -0.1) is 0 Å². The van der Waals surface area contributed by atoms with Crippen molar-refractivity contribution in [2.24, 2.45) is 5.92 Å². The second kappa shape index (κ2) is 5.54. The predicted molar refractivity (Wildman–Crippen MR) is 32.5 cm³/mol. The zero-order valence-electron chi connectivity index (χ0n) is 5.25. The minimum atomic E-state index is -0.0417. The Hall–Kier alpha value is -0.590. The van der Waals surface area contributed by atoms with Crippen LogP contribution in [0.2, 0.25) is 0 Å². The molecule has 52 valence electrons. The molecule has 0 bridgehead atoms. The van der Waals surface area contributed by atoms with Crippen molar-refractivity contribution in [3.8, 4) is 6.07 Å². The van der Waals surface area contributed by atoms with Crippen LogP contribution in [-0.4, -0.2) is 23.4 Å². The van der Waals surface area contributed by atoms with Crippen molar-refractivity contribution in [1.82, 2.24) is 0 Å². The smallest absolute Gasteiger partial charge is 0.0625 e. The van der Waals surface area contributed by atoms with Crippen molar-refractivity contribution >= 4 is 0 Å². The van der Waals surface area contributed by atoms with E-state index in [9.17, 15) is 0 Å². The number of rotatable bonds is 4. The number of nitrogens with zero attached hydrogens (tertiary/aromatic N) is 1. The van der Waals surface area contributed by atoms with Crippen LogP contribution in [-0.2, 0) is 0 Å². The highest BCUT2D eigenvalue weighted by atomic mass is 16.3. The third-order valence-corrected chi connectivity index (χ3v) is 1.18. The van der Waals surface area contributed by atoms with Crippen molar-refractivity contribution in [3.63, 3.8) is 0 Å². The van der Waals surface area contributed by atoms with Gasteiger partial charge in [0.1, 0.15) is 0 Å². The summed E-state index contributed by atoms with van der Waals surface area (Å²) in [7, 11) is 0. The van der Waals surface area contributed by atoms with Crippen LogP contribution in [0, 0.1) is 17.2 Å². The fraction of sp³-hybridized carbons (Fsp3) is 0.833. The maximum atomic E-state index is 8.53. The molecule has 0 heterocycles. The van der Waals surface area contributed by atoms with Crippen molar-refractivity contribution in [3.05, 3.63) is 0 Å². The van der Waals surface area contributed by atoms with E-state index in [1.165, 1.54) is 0 Å². The molecule has 0 aliphatic heterocycles. The monoisotopic (exact) mass is 129 g/mol. The van der Waals surface area contributed by atoms with Crippen molar-refractivity contribution < 1.29 is 10.2 Å². The van der Waals surface area contributed by atoms with Crippen LogP contribution < -0.4 is 0 Å². The van der Waals surface area contributed by atoms with Gasteiger partial charge < -0.3 is 10.2 Å². The molecular formula is C6H11NO2. The molecule has 0 spiro atoms. The number of hydrogen-bond donors (Lipinski definition) is 2. The van der Waals surface area contributed by atoms with Gasteiger partial charge in [0.15, 0.2) is 0 Å². The minimum Gasteiger partial charge on any atom is -0.396 e. The summed E-state index contributed by atoms with van der Waals surface area (Å²) in [5.74, 6) is -0.0417. The van der Waals surface area contributed by atoms with Crippen LogP contribution in [0.15, 0.2) is 0 Å². The maximum Gasteiger partial charge on any atom is 0.0625 e. The van der Waals surface area contributed by atoms with Gasteiger partial charge in [-0.05, 0) is 12.3 Å². The Kier molecular flexibility index (Phi) is 5.18. The van der Waals surface area contributed by atoms with Crippen LogP contribution in [0.25, 0.3) is 0 Å². The van der Waals surface area contributed by atoms with Crippen LogP contribution in [0.3, 0.4) is 0 Å². The quantitative estimate of drug-likeness (QED) is 0.556. The summed E-state index contributed by atoms with van der Waals surface area (Å²) in [5.41, 5.74) is 0. The van der Waals surface area contributed by atoms with Gasteiger partial charge in [-0.2, -0.15) is 5.26 Å². The molecular weight excluding hydrogens is 118 g/mol. The molecule has 9 heavy (non-hydrogen) atoms. The number of aliphatic hydroxyl groups excluding tert-OH is 2. The first-order valence-electron chi connectivity index (χ1n) is 2.93. The van der Waals surface area contributed by atoms with Gasteiger partial charge in [0.25, 0.3) is 0 Å². The molecule has 3 nitrogen and oxygen atoms in total.